The first-order valence-corrected chi connectivity index (χ1v) is 9.66. The van der Waals surface area contributed by atoms with Gasteiger partial charge in [0.15, 0.2) is 5.78 Å². The number of H-pyrrole nitrogens is 1. The monoisotopic (exact) mass is 368 g/mol. The van der Waals surface area contributed by atoms with Crippen LogP contribution in [-0.4, -0.2) is 22.7 Å². The van der Waals surface area contributed by atoms with Gasteiger partial charge in [0.1, 0.15) is 11.3 Å². The van der Waals surface area contributed by atoms with Crippen LogP contribution in [0, 0.1) is 5.92 Å². The average molecular weight is 368 g/mol. The Kier molecular flexibility index (Phi) is 4.72. The average Bonchev–Trinajstić information content (AvgIpc) is 3.17. The molecule has 2 aromatic heterocycles. The van der Waals surface area contributed by atoms with Crippen LogP contribution in [0.25, 0.3) is 0 Å². The summed E-state index contributed by atoms with van der Waals surface area (Å²) < 4.78 is 5.41. The molecule has 2 aliphatic carbocycles. The number of carbonyl (C=O) groups is 2. The van der Waals surface area contributed by atoms with Crippen LogP contribution in [0.5, 0.6) is 0 Å². The summed E-state index contributed by atoms with van der Waals surface area (Å²) in [7, 11) is 0. The van der Waals surface area contributed by atoms with Crippen LogP contribution < -0.4 is 10.9 Å². The highest BCUT2D eigenvalue weighted by molar-refractivity contribution is 6.02. The van der Waals surface area contributed by atoms with Crippen molar-refractivity contribution in [3.8, 4) is 0 Å². The van der Waals surface area contributed by atoms with Gasteiger partial charge in [0.25, 0.3) is 11.5 Å². The molecular weight excluding hydrogens is 344 g/mol. The lowest BCUT2D eigenvalue weighted by Crippen LogP contribution is -2.43. The fourth-order valence-corrected chi connectivity index (χ4v) is 4.30. The van der Waals surface area contributed by atoms with Gasteiger partial charge in [-0.15, -0.1) is 0 Å². The first-order valence-electron chi connectivity index (χ1n) is 9.66. The van der Waals surface area contributed by atoms with Crippen molar-refractivity contribution in [3.05, 3.63) is 57.4 Å². The van der Waals surface area contributed by atoms with Crippen LogP contribution in [-0.2, 0) is 6.42 Å². The van der Waals surface area contributed by atoms with Crippen molar-refractivity contribution in [1.82, 2.24) is 10.3 Å². The topological polar surface area (TPSA) is 92.2 Å². The number of hydrogen-bond acceptors (Lipinski definition) is 4. The zero-order chi connectivity index (χ0) is 19.0. The zero-order valence-electron chi connectivity index (χ0n) is 15.4. The molecule has 0 unspecified atom stereocenters. The Morgan fingerprint density at radius 2 is 2.04 bits per heavy atom. The third kappa shape index (κ3) is 3.48. The van der Waals surface area contributed by atoms with Gasteiger partial charge in [-0.05, 0) is 43.4 Å². The molecule has 6 heteroatoms. The molecule has 0 bridgehead atoms. The molecule has 2 aliphatic rings. The summed E-state index contributed by atoms with van der Waals surface area (Å²) in [6, 6.07) is 5.18. The van der Waals surface area contributed by atoms with Crippen LogP contribution in [0.3, 0.4) is 0 Å². The Morgan fingerprint density at radius 1 is 1.22 bits per heavy atom. The molecule has 1 saturated carbocycles. The van der Waals surface area contributed by atoms with E-state index in [-0.39, 0.29) is 23.3 Å². The van der Waals surface area contributed by atoms with Crippen LogP contribution in [0.15, 0.2) is 33.7 Å². The number of fused-ring (bicyclic) bond motifs is 1. The molecule has 3 atom stereocenters. The first kappa shape index (κ1) is 17.8. The fraction of sp³-hybridized carbons (Fsp3) is 0.476. The summed E-state index contributed by atoms with van der Waals surface area (Å²) in [5.41, 5.74) is 0.610. The predicted molar refractivity (Wildman–Crippen MR) is 100 cm³/mol. The van der Waals surface area contributed by atoms with E-state index in [1.165, 1.54) is 12.5 Å². The highest BCUT2D eigenvalue weighted by atomic mass is 16.3. The quantitative estimate of drug-likeness (QED) is 0.870. The van der Waals surface area contributed by atoms with E-state index < -0.39 is 11.5 Å². The van der Waals surface area contributed by atoms with Crippen molar-refractivity contribution >= 4 is 11.7 Å². The van der Waals surface area contributed by atoms with Gasteiger partial charge in [-0.25, -0.2) is 0 Å². The number of pyridine rings is 1. The molecule has 0 aliphatic heterocycles. The maximum absolute atomic E-state index is 12.7. The number of Topliss-reactive ketones (excluding diaryl/α,β-unsaturated/α-hetero) is 1. The molecule has 142 valence electrons. The van der Waals surface area contributed by atoms with Gasteiger partial charge in [0, 0.05) is 29.6 Å². The molecule has 6 nitrogen and oxygen atoms in total. The second kappa shape index (κ2) is 7.18. The van der Waals surface area contributed by atoms with Gasteiger partial charge in [-0.2, -0.15) is 0 Å². The van der Waals surface area contributed by atoms with Gasteiger partial charge < -0.3 is 14.7 Å². The molecule has 2 aromatic rings. The minimum absolute atomic E-state index is 0.0244. The Morgan fingerprint density at radius 3 is 2.78 bits per heavy atom. The van der Waals surface area contributed by atoms with Gasteiger partial charge in [0.2, 0.25) is 0 Å². The Bertz CT molecular complexity index is 913. The van der Waals surface area contributed by atoms with E-state index >= 15 is 0 Å². The number of amides is 1. The zero-order valence-corrected chi connectivity index (χ0v) is 15.4. The van der Waals surface area contributed by atoms with Crippen LogP contribution in [0.1, 0.15) is 77.1 Å². The number of carbonyl (C=O) groups excluding carboxylic acids is 2. The maximum atomic E-state index is 12.7. The summed E-state index contributed by atoms with van der Waals surface area (Å²) in [6.07, 6.45) is 6.69. The van der Waals surface area contributed by atoms with Gasteiger partial charge in [-0.1, -0.05) is 19.8 Å². The third-order valence-electron chi connectivity index (χ3n) is 5.92. The van der Waals surface area contributed by atoms with Crippen molar-refractivity contribution in [2.45, 2.75) is 57.4 Å². The molecule has 0 spiro atoms. The number of nitrogens with one attached hydrogen (secondary N) is 2. The fourth-order valence-electron chi connectivity index (χ4n) is 4.30. The van der Waals surface area contributed by atoms with Crippen LogP contribution in [0.2, 0.25) is 0 Å². The highest BCUT2D eigenvalue weighted by Gasteiger charge is 2.31. The van der Waals surface area contributed by atoms with Gasteiger partial charge >= 0.3 is 0 Å². The van der Waals surface area contributed by atoms with Gasteiger partial charge in [0.05, 0.1) is 6.26 Å². The molecule has 1 amide bonds. The Labute approximate surface area is 157 Å². The minimum atomic E-state index is -0.442. The second-order valence-corrected chi connectivity index (χ2v) is 7.79. The molecule has 0 radical (unpaired) electrons. The lowest BCUT2D eigenvalue weighted by atomic mass is 9.83. The Hall–Kier alpha value is -2.63. The van der Waals surface area contributed by atoms with E-state index in [4.69, 9.17) is 4.42 Å². The number of ketones is 1. The number of aromatic nitrogens is 1. The van der Waals surface area contributed by atoms with Crippen LogP contribution >= 0.6 is 0 Å². The highest BCUT2D eigenvalue weighted by Crippen LogP contribution is 2.32. The summed E-state index contributed by atoms with van der Waals surface area (Å²) in [5.74, 6) is 0.587. The molecule has 4 rings (SSSR count). The molecule has 0 saturated heterocycles. The van der Waals surface area contributed by atoms with Gasteiger partial charge in [-0.3, -0.25) is 14.4 Å². The molecule has 2 heterocycles. The second-order valence-electron chi connectivity index (χ2n) is 7.79. The van der Waals surface area contributed by atoms with E-state index in [0.29, 0.717) is 30.0 Å². The standard InChI is InChI=1S/C21H24N2O4/c1-12-5-2-3-6-16(12)22-20(25)15-11-14-17(23-21(15)26)9-13(10-18(14)24)19-7-4-8-27-19/h4,7-8,11-13,16H,2-3,5-6,9-10H2,1H3,(H,22,25)(H,23,26)/t12-,13+,16+/m1/s1. The first-order chi connectivity index (χ1) is 13.0. The van der Waals surface area contributed by atoms with E-state index in [1.54, 1.807) is 12.3 Å². The molecule has 2 N–H and O–H groups in total. The minimum Gasteiger partial charge on any atom is -0.469 e. The van der Waals surface area contributed by atoms with Crippen molar-refractivity contribution < 1.29 is 14.0 Å². The lowest BCUT2D eigenvalue weighted by Gasteiger charge is -2.29. The van der Waals surface area contributed by atoms with Crippen molar-refractivity contribution in [3.63, 3.8) is 0 Å². The van der Waals surface area contributed by atoms with E-state index in [9.17, 15) is 14.4 Å². The third-order valence-corrected chi connectivity index (χ3v) is 5.92. The number of aromatic amines is 1. The summed E-state index contributed by atoms with van der Waals surface area (Å²) in [6.45, 7) is 2.12. The molecule has 27 heavy (non-hydrogen) atoms. The van der Waals surface area contributed by atoms with Crippen molar-refractivity contribution in [1.29, 1.82) is 0 Å². The largest absolute Gasteiger partial charge is 0.469 e. The van der Waals surface area contributed by atoms with E-state index in [1.807, 2.05) is 6.07 Å². The molecular formula is C21H24N2O4. The smallest absolute Gasteiger partial charge is 0.261 e. The predicted octanol–water partition coefficient (Wildman–Crippen LogP) is 3.19. The summed E-state index contributed by atoms with van der Waals surface area (Å²) >= 11 is 0. The molecule has 0 aromatic carbocycles. The number of rotatable bonds is 3. The number of furan rings is 1. The summed E-state index contributed by atoms with van der Waals surface area (Å²) in [5, 5.41) is 2.99. The Balaban J connectivity index is 1.58. The number of hydrogen-bond donors (Lipinski definition) is 2. The van der Waals surface area contributed by atoms with Crippen molar-refractivity contribution in [2.75, 3.05) is 0 Å². The SMILES string of the molecule is C[C@@H]1CCCC[C@@H]1NC(=O)c1cc2c([nH]c1=O)C[C@H](c1ccco1)CC2=O. The lowest BCUT2D eigenvalue weighted by molar-refractivity contribution is 0.0908. The van der Waals surface area contributed by atoms with Crippen LogP contribution in [0.4, 0.5) is 0 Å². The maximum Gasteiger partial charge on any atom is 0.261 e. The molecule has 1 fully saturated rings. The van der Waals surface area contributed by atoms with E-state index in [0.717, 1.165) is 25.0 Å². The van der Waals surface area contributed by atoms with Crippen molar-refractivity contribution in [2.24, 2.45) is 5.92 Å². The normalized spacial score (nSPS) is 25.1. The summed E-state index contributed by atoms with van der Waals surface area (Å²) in [4.78, 5) is 40.6. The van der Waals surface area contributed by atoms with E-state index in [2.05, 4.69) is 17.2 Å².